The van der Waals surface area contributed by atoms with Crippen LogP contribution >= 0.6 is 12.2 Å². The van der Waals surface area contributed by atoms with Crippen LogP contribution in [0.15, 0.2) is 66.7 Å². The number of hydrogen-bond acceptors (Lipinski definition) is 3. The molecule has 3 aromatic carbocycles. The van der Waals surface area contributed by atoms with E-state index in [4.69, 9.17) is 27.4 Å². The van der Waals surface area contributed by atoms with E-state index in [0.717, 1.165) is 35.4 Å². The van der Waals surface area contributed by atoms with E-state index >= 15 is 0 Å². The van der Waals surface area contributed by atoms with Gasteiger partial charge in [0.2, 0.25) is 0 Å². The van der Waals surface area contributed by atoms with Crippen molar-refractivity contribution in [3.05, 3.63) is 66.7 Å². The zero-order chi connectivity index (χ0) is 18.2. The standard InChI is InChI=1S/C21H22N2O2S/c22-21(26)23-17-9-6-10-18(15-17)24-13-3-4-14-25-20-12-5-8-16-7-1-2-11-19(16)20/h1-2,5-12,15H,3-4,13-14H2,(H3,22,23,26). The van der Waals surface area contributed by atoms with Crippen molar-refractivity contribution < 1.29 is 9.47 Å². The number of unbranched alkanes of at least 4 members (excludes halogenated alkanes) is 1. The summed E-state index contributed by atoms with van der Waals surface area (Å²) in [5.41, 5.74) is 6.31. The van der Waals surface area contributed by atoms with Gasteiger partial charge in [-0.3, -0.25) is 0 Å². The molecule has 0 bridgehead atoms. The Morgan fingerprint density at radius 2 is 1.62 bits per heavy atom. The summed E-state index contributed by atoms with van der Waals surface area (Å²) in [5.74, 6) is 1.72. The third kappa shape index (κ3) is 5.10. The van der Waals surface area contributed by atoms with Gasteiger partial charge in [-0.25, -0.2) is 0 Å². The predicted molar refractivity (Wildman–Crippen MR) is 111 cm³/mol. The molecule has 0 amide bonds. The Kier molecular flexibility index (Phi) is 6.28. The van der Waals surface area contributed by atoms with Gasteiger partial charge in [-0.05, 0) is 48.6 Å². The summed E-state index contributed by atoms with van der Waals surface area (Å²) in [6.07, 6.45) is 1.84. The maximum atomic E-state index is 5.94. The van der Waals surface area contributed by atoms with Crippen LogP contribution < -0.4 is 20.5 Å². The summed E-state index contributed by atoms with van der Waals surface area (Å²) < 4.78 is 11.7. The molecule has 0 unspecified atom stereocenters. The first kappa shape index (κ1) is 18.0. The van der Waals surface area contributed by atoms with Crippen molar-refractivity contribution in [3.8, 4) is 11.5 Å². The van der Waals surface area contributed by atoms with Crippen LogP contribution in [-0.4, -0.2) is 18.3 Å². The number of hydrogen-bond donors (Lipinski definition) is 2. The molecule has 26 heavy (non-hydrogen) atoms. The molecule has 0 saturated carbocycles. The molecule has 0 aliphatic carbocycles. The molecular weight excluding hydrogens is 344 g/mol. The summed E-state index contributed by atoms with van der Waals surface area (Å²) in [6.45, 7) is 1.30. The van der Waals surface area contributed by atoms with E-state index in [1.54, 1.807) is 0 Å². The van der Waals surface area contributed by atoms with Crippen LogP contribution in [0.3, 0.4) is 0 Å². The Balaban J connectivity index is 1.41. The molecule has 0 heterocycles. The molecule has 0 aliphatic heterocycles. The number of nitrogens with one attached hydrogen (secondary N) is 1. The molecule has 3 aromatic rings. The van der Waals surface area contributed by atoms with Crippen molar-refractivity contribution >= 4 is 33.8 Å². The normalized spacial score (nSPS) is 10.5. The molecule has 0 radical (unpaired) electrons. The fraction of sp³-hybridized carbons (Fsp3) is 0.190. The zero-order valence-electron chi connectivity index (χ0n) is 14.5. The van der Waals surface area contributed by atoms with Gasteiger partial charge in [0.25, 0.3) is 0 Å². The topological polar surface area (TPSA) is 56.5 Å². The first-order chi connectivity index (χ1) is 12.7. The third-order valence-electron chi connectivity index (χ3n) is 3.92. The van der Waals surface area contributed by atoms with E-state index < -0.39 is 0 Å². The van der Waals surface area contributed by atoms with Gasteiger partial charge in [0.1, 0.15) is 11.5 Å². The molecule has 0 fully saturated rings. The molecule has 0 saturated heterocycles. The van der Waals surface area contributed by atoms with Crippen LogP contribution in [0.25, 0.3) is 10.8 Å². The van der Waals surface area contributed by atoms with Crippen molar-refractivity contribution in [1.82, 2.24) is 0 Å². The molecule has 134 valence electrons. The fourth-order valence-electron chi connectivity index (χ4n) is 2.70. The largest absolute Gasteiger partial charge is 0.494 e. The number of ether oxygens (including phenoxy) is 2. The van der Waals surface area contributed by atoms with E-state index in [1.165, 1.54) is 5.39 Å². The molecular formula is C21H22N2O2S. The molecule has 0 aromatic heterocycles. The highest BCUT2D eigenvalue weighted by molar-refractivity contribution is 7.80. The monoisotopic (exact) mass is 366 g/mol. The van der Waals surface area contributed by atoms with E-state index in [2.05, 4.69) is 23.5 Å². The van der Waals surface area contributed by atoms with E-state index in [1.807, 2.05) is 48.5 Å². The SMILES string of the molecule is NC(=S)Nc1cccc(OCCCCOc2cccc3ccccc23)c1. The first-order valence-electron chi connectivity index (χ1n) is 8.62. The Morgan fingerprint density at radius 3 is 2.46 bits per heavy atom. The van der Waals surface area contributed by atoms with Gasteiger partial charge in [-0.2, -0.15) is 0 Å². The number of anilines is 1. The Hall–Kier alpha value is -2.79. The van der Waals surface area contributed by atoms with Gasteiger partial charge in [-0.1, -0.05) is 42.5 Å². The fourth-order valence-corrected chi connectivity index (χ4v) is 2.82. The minimum Gasteiger partial charge on any atom is -0.494 e. The van der Waals surface area contributed by atoms with E-state index in [0.29, 0.717) is 13.2 Å². The Labute approximate surface area is 158 Å². The van der Waals surface area contributed by atoms with Gasteiger partial charge in [0, 0.05) is 17.1 Å². The summed E-state index contributed by atoms with van der Waals surface area (Å²) in [7, 11) is 0. The highest BCUT2D eigenvalue weighted by Gasteiger charge is 2.01. The van der Waals surface area contributed by atoms with E-state index in [-0.39, 0.29) is 5.11 Å². The minimum absolute atomic E-state index is 0.243. The summed E-state index contributed by atoms with van der Waals surface area (Å²) in [4.78, 5) is 0. The number of fused-ring (bicyclic) bond motifs is 1. The highest BCUT2D eigenvalue weighted by atomic mass is 32.1. The van der Waals surface area contributed by atoms with Crippen molar-refractivity contribution in [2.45, 2.75) is 12.8 Å². The maximum absolute atomic E-state index is 5.94. The predicted octanol–water partition coefficient (Wildman–Crippen LogP) is 4.73. The number of thiocarbonyl (C=S) groups is 1. The number of rotatable bonds is 8. The molecule has 0 aliphatic rings. The van der Waals surface area contributed by atoms with Crippen molar-refractivity contribution in [3.63, 3.8) is 0 Å². The van der Waals surface area contributed by atoms with Gasteiger partial charge >= 0.3 is 0 Å². The van der Waals surface area contributed by atoms with Crippen molar-refractivity contribution in [1.29, 1.82) is 0 Å². The van der Waals surface area contributed by atoms with Crippen LogP contribution in [0, 0.1) is 0 Å². The second-order valence-electron chi connectivity index (χ2n) is 5.90. The van der Waals surface area contributed by atoms with Crippen LogP contribution in [0.2, 0.25) is 0 Å². The average Bonchev–Trinajstić information content (AvgIpc) is 2.64. The lowest BCUT2D eigenvalue weighted by Crippen LogP contribution is -2.18. The summed E-state index contributed by atoms with van der Waals surface area (Å²) >= 11 is 4.84. The van der Waals surface area contributed by atoms with Crippen LogP contribution in [0.4, 0.5) is 5.69 Å². The average molecular weight is 366 g/mol. The number of benzene rings is 3. The Morgan fingerprint density at radius 1 is 0.885 bits per heavy atom. The second kappa shape index (κ2) is 9.06. The molecule has 0 spiro atoms. The van der Waals surface area contributed by atoms with Gasteiger partial charge in [-0.15, -0.1) is 0 Å². The quantitative estimate of drug-likeness (QED) is 0.446. The van der Waals surface area contributed by atoms with Crippen LogP contribution in [0.1, 0.15) is 12.8 Å². The van der Waals surface area contributed by atoms with Crippen molar-refractivity contribution in [2.24, 2.45) is 5.73 Å². The van der Waals surface area contributed by atoms with Gasteiger partial charge in [0.05, 0.1) is 13.2 Å². The van der Waals surface area contributed by atoms with Crippen LogP contribution in [-0.2, 0) is 0 Å². The molecule has 3 N–H and O–H groups in total. The molecule has 3 rings (SSSR count). The lowest BCUT2D eigenvalue weighted by atomic mass is 10.1. The lowest BCUT2D eigenvalue weighted by Gasteiger charge is -2.10. The third-order valence-corrected chi connectivity index (χ3v) is 4.02. The molecule has 0 atom stereocenters. The smallest absolute Gasteiger partial charge is 0.168 e. The summed E-state index contributed by atoms with van der Waals surface area (Å²) in [6, 6.07) is 22.0. The summed E-state index contributed by atoms with van der Waals surface area (Å²) in [5, 5.41) is 5.48. The molecule has 5 heteroatoms. The maximum Gasteiger partial charge on any atom is 0.168 e. The van der Waals surface area contributed by atoms with Gasteiger partial charge < -0.3 is 20.5 Å². The minimum atomic E-state index is 0.243. The van der Waals surface area contributed by atoms with Crippen LogP contribution in [0.5, 0.6) is 11.5 Å². The van der Waals surface area contributed by atoms with Gasteiger partial charge in [0.15, 0.2) is 5.11 Å². The second-order valence-corrected chi connectivity index (χ2v) is 6.34. The molecule has 4 nitrogen and oxygen atoms in total. The zero-order valence-corrected chi connectivity index (χ0v) is 15.3. The highest BCUT2D eigenvalue weighted by Crippen LogP contribution is 2.25. The van der Waals surface area contributed by atoms with E-state index in [9.17, 15) is 0 Å². The number of nitrogens with two attached hydrogens (primary N) is 1. The lowest BCUT2D eigenvalue weighted by molar-refractivity contribution is 0.268. The van der Waals surface area contributed by atoms with Crippen molar-refractivity contribution in [2.75, 3.05) is 18.5 Å². The first-order valence-corrected chi connectivity index (χ1v) is 9.03. The Bertz CT molecular complexity index is 877.